The van der Waals surface area contributed by atoms with Gasteiger partial charge in [0.2, 0.25) is 5.91 Å². The first-order valence-electron chi connectivity index (χ1n) is 13.5. The molecular formula is C29H36N4O4. The molecule has 1 saturated carbocycles. The van der Waals surface area contributed by atoms with Crippen LogP contribution in [0, 0.1) is 5.92 Å². The maximum absolute atomic E-state index is 13.5. The van der Waals surface area contributed by atoms with Crippen molar-refractivity contribution in [2.75, 3.05) is 56.6 Å². The van der Waals surface area contributed by atoms with Crippen molar-refractivity contribution in [2.45, 2.75) is 38.5 Å². The SMILES string of the molecule is COc1ccc(C(=O)N2CCN(c3ccc(NC(=O)C4CCCC4)cc3C(=O)N3CCCC3)CC2)cc1. The Labute approximate surface area is 218 Å². The lowest BCUT2D eigenvalue weighted by Crippen LogP contribution is -2.49. The van der Waals surface area contributed by atoms with E-state index in [1.165, 1.54) is 0 Å². The summed E-state index contributed by atoms with van der Waals surface area (Å²) in [5.41, 5.74) is 2.81. The summed E-state index contributed by atoms with van der Waals surface area (Å²) in [6, 6.07) is 12.9. The summed E-state index contributed by atoms with van der Waals surface area (Å²) in [7, 11) is 1.61. The Balaban J connectivity index is 1.31. The van der Waals surface area contributed by atoms with E-state index in [1.807, 2.05) is 28.0 Å². The normalized spacial score (nSPS) is 18.2. The van der Waals surface area contributed by atoms with Crippen molar-refractivity contribution in [1.82, 2.24) is 9.80 Å². The highest BCUT2D eigenvalue weighted by Gasteiger charge is 2.29. The molecule has 0 unspecified atom stereocenters. The molecule has 8 heteroatoms. The fraction of sp³-hybridized carbons (Fsp3) is 0.483. The number of carbonyl (C=O) groups is 3. The molecule has 1 aliphatic carbocycles. The Morgan fingerprint density at radius 3 is 2.08 bits per heavy atom. The van der Waals surface area contributed by atoms with Crippen LogP contribution in [0.4, 0.5) is 11.4 Å². The van der Waals surface area contributed by atoms with E-state index in [-0.39, 0.29) is 23.6 Å². The van der Waals surface area contributed by atoms with Gasteiger partial charge in [-0.05, 0) is 68.1 Å². The van der Waals surface area contributed by atoms with Crippen molar-refractivity contribution in [3.05, 3.63) is 53.6 Å². The number of nitrogens with zero attached hydrogens (tertiary/aromatic N) is 3. The van der Waals surface area contributed by atoms with Crippen LogP contribution in [-0.4, -0.2) is 73.9 Å². The Bertz CT molecular complexity index is 1130. The van der Waals surface area contributed by atoms with E-state index >= 15 is 0 Å². The third-order valence-electron chi connectivity index (χ3n) is 7.86. The first-order chi connectivity index (χ1) is 18.0. The van der Waals surface area contributed by atoms with Crippen LogP contribution in [0.15, 0.2) is 42.5 Å². The van der Waals surface area contributed by atoms with E-state index < -0.39 is 0 Å². The number of ether oxygens (including phenoxy) is 1. The van der Waals surface area contributed by atoms with E-state index in [9.17, 15) is 14.4 Å². The van der Waals surface area contributed by atoms with E-state index in [1.54, 1.807) is 31.4 Å². The van der Waals surface area contributed by atoms with Gasteiger partial charge < -0.3 is 24.8 Å². The first-order valence-corrected chi connectivity index (χ1v) is 13.5. The van der Waals surface area contributed by atoms with Crippen molar-refractivity contribution < 1.29 is 19.1 Å². The lowest BCUT2D eigenvalue weighted by molar-refractivity contribution is -0.119. The quantitative estimate of drug-likeness (QED) is 0.643. The van der Waals surface area contributed by atoms with Crippen LogP contribution in [0.25, 0.3) is 0 Å². The number of methoxy groups -OCH3 is 1. The van der Waals surface area contributed by atoms with Gasteiger partial charge in [-0.3, -0.25) is 14.4 Å². The fourth-order valence-electron chi connectivity index (χ4n) is 5.65. The second-order valence-electron chi connectivity index (χ2n) is 10.2. The standard InChI is InChI=1S/C29H36N4O4/c1-37-24-11-8-22(9-12-24)28(35)33-18-16-31(17-19-33)26-13-10-23(30-27(34)21-6-2-3-7-21)20-25(26)29(36)32-14-4-5-15-32/h8-13,20-21H,2-7,14-19H2,1H3,(H,30,34). The van der Waals surface area contributed by atoms with Gasteiger partial charge in [0.25, 0.3) is 11.8 Å². The maximum Gasteiger partial charge on any atom is 0.256 e. The lowest BCUT2D eigenvalue weighted by atomic mass is 10.1. The Morgan fingerprint density at radius 2 is 1.43 bits per heavy atom. The monoisotopic (exact) mass is 504 g/mol. The number of carbonyl (C=O) groups excluding carboxylic acids is 3. The number of amides is 3. The number of piperazine rings is 1. The van der Waals surface area contributed by atoms with Crippen molar-refractivity contribution in [3.8, 4) is 5.75 Å². The van der Waals surface area contributed by atoms with Crippen molar-refractivity contribution in [1.29, 1.82) is 0 Å². The lowest BCUT2D eigenvalue weighted by Gasteiger charge is -2.37. The van der Waals surface area contributed by atoms with E-state index in [0.29, 0.717) is 43.0 Å². The summed E-state index contributed by atoms with van der Waals surface area (Å²) in [5.74, 6) is 0.852. The molecule has 3 fully saturated rings. The van der Waals surface area contributed by atoms with Gasteiger partial charge in [-0.25, -0.2) is 0 Å². The number of hydrogen-bond acceptors (Lipinski definition) is 5. The molecule has 2 aromatic carbocycles. The molecule has 3 amide bonds. The number of benzene rings is 2. The zero-order chi connectivity index (χ0) is 25.8. The largest absolute Gasteiger partial charge is 0.497 e. The van der Waals surface area contributed by atoms with E-state index in [2.05, 4.69) is 10.2 Å². The van der Waals surface area contributed by atoms with Crippen LogP contribution in [0.3, 0.4) is 0 Å². The van der Waals surface area contributed by atoms with Crippen LogP contribution in [-0.2, 0) is 4.79 Å². The Hall–Kier alpha value is -3.55. The highest BCUT2D eigenvalue weighted by molar-refractivity contribution is 6.02. The molecule has 5 rings (SSSR count). The molecule has 0 atom stereocenters. The second-order valence-corrected chi connectivity index (χ2v) is 10.2. The molecule has 196 valence electrons. The number of anilines is 2. The van der Waals surface area contributed by atoms with Gasteiger partial charge in [0.15, 0.2) is 0 Å². The van der Waals surface area contributed by atoms with Crippen LogP contribution in [0.5, 0.6) is 5.75 Å². The molecule has 3 aliphatic rings. The average Bonchev–Trinajstić information content (AvgIpc) is 3.68. The molecule has 8 nitrogen and oxygen atoms in total. The third-order valence-corrected chi connectivity index (χ3v) is 7.86. The number of hydrogen-bond donors (Lipinski definition) is 1. The van der Waals surface area contributed by atoms with Crippen molar-refractivity contribution >= 4 is 29.1 Å². The molecule has 0 radical (unpaired) electrons. The Kier molecular flexibility index (Phi) is 7.63. The summed E-state index contributed by atoms with van der Waals surface area (Å²) in [5, 5.41) is 3.06. The number of likely N-dealkylation sites (tertiary alicyclic amines) is 1. The third kappa shape index (κ3) is 5.58. The highest BCUT2D eigenvalue weighted by atomic mass is 16.5. The molecule has 2 heterocycles. The summed E-state index contributed by atoms with van der Waals surface area (Å²) in [6.45, 7) is 3.94. The van der Waals surface area contributed by atoms with Gasteiger partial charge in [0, 0.05) is 62.1 Å². The molecule has 2 aliphatic heterocycles. The molecular weight excluding hydrogens is 468 g/mol. The molecule has 1 N–H and O–H groups in total. The topological polar surface area (TPSA) is 82.2 Å². The predicted molar refractivity (Wildman–Crippen MR) is 143 cm³/mol. The van der Waals surface area contributed by atoms with Crippen molar-refractivity contribution in [2.24, 2.45) is 5.92 Å². The van der Waals surface area contributed by atoms with Crippen LogP contribution in [0.1, 0.15) is 59.2 Å². The predicted octanol–water partition coefficient (Wildman–Crippen LogP) is 4.02. The Morgan fingerprint density at radius 1 is 0.784 bits per heavy atom. The average molecular weight is 505 g/mol. The molecule has 0 aromatic heterocycles. The highest BCUT2D eigenvalue weighted by Crippen LogP contribution is 2.30. The van der Waals surface area contributed by atoms with E-state index in [4.69, 9.17) is 4.74 Å². The van der Waals surface area contributed by atoms with Gasteiger partial charge in [0.1, 0.15) is 5.75 Å². The van der Waals surface area contributed by atoms with Gasteiger partial charge in [-0.1, -0.05) is 12.8 Å². The zero-order valence-corrected chi connectivity index (χ0v) is 21.6. The minimum absolute atomic E-state index is 0.000595. The van der Waals surface area contributed by atoms with Crippen LogP contribution >= 0.6 is 0 Å². The van der Waals surface area contributed by atoms with Gasteiger partial charge >= 0.3 is 0 Å². The molecule has 2 saturated heterocycles. The summed E-state index contributed by atoms with van der Waals surface area (Å²) in [4.78, 5) is 45.2. The smallest absolute Gasteiger partial charge is 0.256 e. The van der Waals surface area contributed by atoms with E-state index in [0.717, 1.165) is 63.1 Å². The second kappa shape index (κ2) is 11.2. The fourth-order valence-corrected chi connectivity index (χ4v) is 5.65. The van der Waals surface area contributed by atoms with Crippen molar-refractivity contribution in [3.63, 3.8) is 0 Å². The minimum Gasteiger partial charge on any atom is -0.497 e. The van der Waals surface area contributed by atoms with Gasteiger partial charge in [-0.15, -0.1) is 0 Å². The molecule has 37 heavy (non-hydrogen) atoms. The summed E-state index contributed by atoms with van der Waals surface area (Å²) in [6.07, 6.45) is 6.11. The van der Waals surface area contributed by atoms with Gasteiger partial charge in [-0.2, -0.15) is 0 Å². The number of nitrogens with one attached hydrogen (secondary N) is 1. The molecule has 0 bridgehead atoms. The van der Waals surface area contributed by atoms with Gasteiger partial charge in [0.05, 0.1) is 12.7 Å². The van der Waals surface area contributed by atoms with Crippen LogP contribution < -0.4 is 15.0 Å². The molecule has 2 aromatic rings. The summed E-state index contributed by atoms with van der Waals surface area (Å²) < 4.78 is 5.19. The maximum atomic E-state index is 13.5. The number of rotatable bonds is 6. The zero-order valence-electron chi connectivity index (χ0n) is 21.6. The molecule has 0 spiro atoms. The summed E-state index contributed by atoms with van der Waals surface area (Å²) >= 11 is 0. The van der Waals surface area contributed by atoms with Crippen LogP contribution in [0.2, 0.25) is 0 Å². The first kappa shape index (κ1) is 25.1. The minimum atomic E-state index is 0.000595.